The molecule has 0 unspecified atom stereocenters. The lowest BCUT2D eigenvalue weighted by Gasteiger charge is -2.18. The standard InChI is InChI=1S/C13H13NOS/c1-14(9-11-5-3-2-4-6-11)12-7-8-16-13(12)10-15/h2-8,10H,9H2,1H3. The molecular formula is C13H13NOS. The van der Waals surface area contributed by atoms with Crippen LogP contribution in [0.15, 0.2) is 41.8 Å². The van der Waals surface area contributed by atoms with Crippen molar-refractivity contribution in [3.05, 3.63) is 52.2 Å². The first-order valence-corrected chi connectivity index (χ1v) is 5.97. The van der Waals surface area contributed by atoms with E-state index in [1.807, 2.05) is 36.7 Å². The number of anilines is 1. The Kier molecular flexibility index (Phi) is 3.37. The number of carbonyl (C=O) groups excluding carboxylic acids is 1. The first-order chi connectivity index (χ1) is 7.81. The second kappa shape index (κ2) is 4.94. The molecular weight excluding hydrogens is 218 g/mol. The van der Waals surface area contributed by atoms with Crippen LogP contribution in [0.3, 0.4) is 0 Å². The van der Waals surface area contributed by atoms with Crippen molar-refractivity contribution in [2.24, 2.45) is 0 Å². The van der Waals surface area contributed by atoms with Crippen LogP contribution in [-0.4, -0.2) is 13.3 Å². The normalized spacial score (nSPS) is 10.1. The van der Waals surface area contributed by atoms with Crippen molar-refractivity contribution < 1.29 is 4.79 Å². The van der Waals surface area contributed by atoms with Crippen LogP contribution in [0.1, 0.15) is 15.2 Å². The summed E-state index contributed by atoms with van der Waals surface area (Å²) >= 11 is 1.48. The lowest BCUT2D eigenvalue weighted by Crippen LogP contribution is -2.16. The molecule has 0 aliphatic heterocycles. The van der Waals surface area contributed by atoms with Gasteiger partial charge < -0.3 is 4.90 Å². The van der Waals surface area contributed by atoms with Gasteiger partial charge in [-0.25, -0.2) is 0 Å². The van der Waals surface area contributed by atoms with E-state index in [4.69, 9.17) is 0 Å². The smallest absolute Gasteiger partial charge is 0.162 e. The number of aldehydes is 1. The number of nitrogens with zero attached hydrogens (tertiary/aromatic N) is 1. The van der Waals surface area contributed by atoms with Crippen molar-refractivity contribution in [3.8, 4) is 0 Å². The third kappa shape index (κ3) is 2.31. The van der Waals surface area contributed by atoms with E-state index in [2.05, 4.69) is 17.0 Å². The van der Waals surface area contributed by atoms with E-state index in [1.54, 1.807) is 0 Å². The predicted octanol–water partition coefficient (Wildman–Crippen LogP) is 3.20. The highest BCUT2D eigenvalue weighted by Crippen LogP contribution is 2.24. The molecule has 1 heterocycles. The van der Waals surface area contributed by atoms with Crippen molar-refractivity contribution in [2.75, 3.05) is 11.9 Å². The number of hydrogen-bond donors (Lipinski definition) is 0. The Hall–Kier alpha value is -1.61. The van der Waals surface area contributed by atoms with Gasteiger partial charge in [0.2, 0.25) is 0 Å². The van der Waals surface area contributed by atoms with Crippen LogP contribution in [0.5, 0.6) is 0 Å². The number of rotatable bonds is 4. The Balaban J connectivity index is 2.14. The van der Waals surface area contributed by atoms with Crippen molar-refractivity contribution in [1.29, 1.82) is 0 Å². The molecule has 0 amide bonds. The molecule has 2 aromatic rings. The first-order valence-electron chi connectivity index (χ1n) is 5.09. The Morgan fingerprint density at radius 2 is 2.00 bits per heavy atom. The van der Waals surface area contributed by atoms with Gasteiger partial charge in [0.15, 0.2) is 6.29 Å². The maximum atomic E-state index is 10.8. The first kappa shape index (κ1) is 10.9. The van der Waals surface area contributed by atoms with Gasteiger partial charge in [-0.1, -0.05) is 30.3 Å². The van der Waals surface area contributed by atoms with Crippen molar-refractivity contribution in [3.63, 3.8) is 0 Å². The van der Waals surface area contributed by atoms with Gasteiger partial charge in [0.1, 0.15) is 0 Å². The fourth-order valence-corrected chi connectivity index (χ4v) is 2.40. The molecule has 0 saturated heterocycles. The summed E-state index contributed by atoms with van der Waals surface area (Å²) in [6, 6.07) is 12.2. The molecule has 1 aromatic carbocycles. The molecule has 16 heavy (non-hydrogen) atoms. The van der Waals surface area contributed by atoms with Crippen LogP contribution < -0.4 is 4.90 Å². The quantitative estimate of drug-likeness (QED) is 0.753. The summed E-state index contributed by atoms with van der Waals surface area (Å²) < 4.78 is 0. The van der Waals surface area contributed by atoms with Crippen LogP contribution in [0, 0.1) is 0 Å². The van der Waals surface area contributed by atoms with Gasteiger partial charge in [0.25, 0.3) is 0 Å². The largest absolute Gasteiger partial charge is 0.369 e. The maximum absolute atomic E-state index is 10.8. The number of benzene rings is 1. The van der Waals surface area contributed by atoms with Crippen molar-refractivity contribution in [1.82, 2.24) is 0 Å². The summed E-state index contributed by atoms with van der Waals surface area (Å²) in [5.74, 6) is 0. The van der Waals surface area contributed by atoms with Crippen LogP contribution in [-0.2, 0) is 6.54 Å². The van der Waals surface area contributed by atoms with Crippen LogP contribution >= 0.6 is 11.3 Å². The fraction of sp³-hybridized carbons (Fsp3) is 0.154. The summed E-state index contributed by atoms with van der Waals surface area (Å²) in [5.41, 5.74) is 2.25. The maximum Gasteiger partial charge on any atom is 0.162 e. The average molecular weight is 231 g/mol. The van der Waals surface area contributed by atoms with Crippen molar-refractivity contribution >= 4 is 23.3 Å². The Morgan fingerprint density at radius 1 is 1.25 bits per heavy atom. The summed E-state index contributed by atoms with van der Waals surface area (Å²) in [6.07, 6.45) is 0.918. The summed E-state index contributed by atoms with van der Waals surface area (Å²) in [4.78, 5) is 13.7. The van der Waals surface area contributed by atoms with Crippen LogP contribution in [0.25, 0.3) is 0 Å². The lowest BCUT2D eigenvalue weighted by molar-refractivity contribution is 0.112. The zero-order chi connectivity index (χ0) is 11.4. The van der Waals surface area contributed by atoms with E-state index in [-0.39, 0.29) is 0 Å². The van der Waals surface area contributed by atoms with Gasteiger partial charge in [-0.05, 0) is 17.0 Å². The molecule has 0 fully saturated rings. The minimum Gasteiger partial charge on any atom is -0.369 e. The van der Waals surface area contributed by atoms with E-state index < -0.39 is 0 Å². The van der Waals surface area contributed by atoms with Gasteiger partial charge in [-0.3, -0.25) is 4.79 Å². The Morgan fingerprint density at radius 3 is 2.69 bits per heavy atom. The highest BCUT2D eigenvalue weighted by molar-refractivity contribution is 7.12. The highest BCUT2D eigenvalue weighted by atomic mass is 32.1. The third-order valence-electron chi connectivity index (χ3n) is 2.45. The molecule has 2 rings (SSSR count). The average Bonchev–Trinajstić information content (AvgIpc) is 2.78. The second-order valence-corrected chi connectivity index (χ2v) is 4.58. The SMILES string of the molecule is CN(Cc1ccccc1)c1ccsc1C=O. The number of carbonyl (C=O) groups is 1. The van der Waals surface area contributed by atoms with Gasteiger partial charge >= 0.3 is 0 Å². The molecule has 1 aromatic heterocycles. The number of hydrogen-bond acceptors (Lipinski definition) is 3. The minimum absolute atomic E-state index is 0.790. The van der Waals surface area contributed by atoms with Crippen molar-refractivity contribution in [2.45, 2.75) is 6.54 Å². The predicted molar refractivity (Wildman–Crippen MR) is 68.3 cm³/mol. The van der Waals surface area contributed by atoms with E-state index in [9.17, 15) is 4.79 Å². The molecule has 0 aliphatic carbocycles. The highest BCUT2D eigenvalue weighted by Gasteiger charge is 2.08. The molecule has 3 heteroatoms. The van der Waals surface area contributed by atoms with Gasteiger partial charge in [0, 0.05) is 13.6 Å². The third-order valence-corrected chi connectivity index (χ3v) is 3.29. The number of thiophene rings is 1. The van der Waals surface area contributed by atoms with Gasteiger partial charge in [0.05, 0.1) is 10.6 Å². The fourth-order valence-electron chi connectivity index (χ4n) is 1.66. The molecule has 0 aliphatic rings. The van der Waals surface area contributed by atoms with E-state index in [0.717, 1.165) is 23.4 Å². The Bertz CT molecular complexity index is 464. The van der Waals surface area contributed by atoms with Crippen LogP contribution in [0.4, 0.5) is 5.69 Å². The van der Waals surface area contributed by atoms with E-state index in [0.29, 0.717) is 0 Å². The molecule has 0 N–H and O–H groups in total. The Labute approximate surface area is 99.1 Å². The summed E-state index contributed by atoms with van der Waals surface area (Å²) in [6.45, 7) is 0.818. The van der Waals surface area contributed by atoms with E-state index in [1.165, 1.54) is 16.9 Å². The minimum atomic E-state index is 0.790. The van der Waals surface area contributed by atoms with Crippen LogP contribution in [0.2, 0.25) is 0 Å². The monoisotopic (exact) mass is 231 g/mol. The molecule has 82 valence electrons. The molecule has 0 radical (unpaired) electrons. The lowest BCUT2D eigenvalue weighted by atomic mass is 10.2. The van der Waals surface area contributed by atoms with Gasteiger partial charge in [-0.2, -0.15) is 0 Å². The molecule has 0 atom stereocenters. The molecule has 2 nitrogen and oxygen atoms in total. The zero-order valence-electron chi connectivity index (χ0n) is 9.09. The zero-order valence-corrected chi connectivity index (χ0v) is 9.91. The van der Waals surface area contributed by atoms with Gasteiger partial charge in [-0.15, -0.1) is 11.3 Å². The molecule has 0 saturated carbocycles. The topological polar surface area (TPSA) is 20.3 Å². The summed E-state index contributed by atoms with van der Waals surface area (Å²) in [5, 5.41) is 1.94. The summed E-state index contributed by atoms with van der Waals surface area (Å²) in [7, 11) is 2.00. The molecule has 0 bridgehead atoms. The van der Waals surface area contributed by atoms with E-state index >= 15 is 0 Å². The molecule has 0 spiro atoms. The second-order valence-electron chi connectivity index (χ2n) is 3.63.